The van der Waals surface area contributed by atoms with E-state index in [2.05, 4.69) is 47.6 Å². The van der Waals surface area contributed by atoms with Crippen LogP contribution in [0.25, 0.3) is 0 Å². The molecule has 1 fully saturated rings. The third-order valence-corrected chi connectivity index (χ3v) is 3.91. The Morgan fingerprint density at radius 3 is 2.41 bits per heavy atom. The van der Waals surface area contributed by atoms with Crippen molar-refractivity contribution in [3.05, 3.63) is 23.5 Å². The number of piperazine rings is 1. The van der Waals surface area contributed by atoms with Crippen LogP contribution in [-0.4, -0.2) is 47.6 Å². The van der Waals surface area contributed by atoms with E-state index in [1.807, 2.05) is 0 Å². The lowest BCUT2D eigenvalue weighted by Gasteiger charge is -2.36. The second-order valence-electron chi connectivity index (χ2n) is 5.10. The maximum absolute atomic E-state index is 5.72. The fourth-order valence-electron chi connectivity index (χ4n) is 2.49. The van der Waals surface area contributed by atoms with Gasteiger partial charge in [-0.25, -0.2) is 0 Å². The molecule has 0 bridgehead atoms. The number of hydrogen-bond acceptors (Lipinski definition) is 3. The average Bonchev–Trinajstić information content (AvgIpc) is 2.70. The minimum atomic E-state index is 0.496. The third-order valence-electron chi connectivity index (χ3n) is 3.91. The quantitative estimate of drug-likeness (QED) is 0.843. The molecule has 0 aliphatic carbocycles. The number of aryl methyl sites for hydroxylation is 1. The molecule has 0 radical (unpaired) electrons. The van der Waals surface area contributed by atoms with Gasteiger partial charge in [-0.3, -0.25) is 4.90 Å². The first kappa shape index (κ1) is 12.6. The normalized spacial score (nSPS) is 20.7. The molecule has 0 spiro atoms. The maximum atomic E-state index is 5.72. The van der Waals surface area contributed by atoms with Crippen LogP contribution in [0.15, 0.2) is 12.3 Å². The molecule has 1 aliphatic heterocycles. The summed E-state index contributed by atoms with van der Waals surface area (Å²) in [5.41, 5.74) is 8.32. The molecule has 4 nitrogen and oxygen atoms in total. The first-order valence-corrected chi connectivity index (χ1v) is 6.39. The highest BCUT2D eigenvalue weighted by Crippen LogP contribution is 2.23. The number of nitrogens with two attached hydrogens (primary N) is 1. The van der Waals surface area contributed by atoms with Crippen LogP contribution in [0.2, 0.25) is 0 Å². The van der Waals surface area contributed by atoms with Gasteiger partial charge in [-0.1, -0.05) is 0 Å². The number of aromatic nitrogens is 1. The molecule has 0 aromatic carbocycles. The average molecular weight is 236 g/mol. The van der Waals surface area contributed by atoms with Crippen LogP contribution in [0.1, 0.15) is 24.2 Å². The van der Waals surface area contributed by atoms with Crippen LogP contribution < -0.4 is 5.73 Å². The highest BCUT2D eigenvalue weighted by Gasteiger charge is 2.21. The lowest BCUT2D eigenvalue weighted by molar-refractivity contribution is 0.119. The summed E-state index contributed by atoms with van der Waals surface area (Å²) in [5, 5.41) is 0. The van der Waals surface area contributed by atoms with Crippen LogP contribution in [0.5, 0.6) is 0 Å². The lowest BCUT2D eigenvalue weighted by atomic mass is 10.1. The molecule has 1 saturated heterocycles. The molecule has 1 aromatic rings. The molecular weight excluding hydrogens is 212 g/mol. The molecule has 17 heavy (non-hydrogen) atoms. The Hall–Kier alpha value is -0.840. The minimum Gasteiger partial charge on any atom is -0.353 e. The van der Waals surface area contributed by atoms with Gasteiger partial charge in [0.1, 0.15) is 0 Å². The van der Waals surface area contributed by atoms with Crippen molar-refractivity contribution in [2.24, 2.45) is 12.8 Å². The summed E-state index contributed by atoms with van der Waals surface area (Å²) in [6.45, 7) is 7.56. The van der Waals surface area contributed by atoms with Gasteiger partial charge in [-0.15, -0.1) is 0 Å². The smallest absolute Gasteiger partial charge is 0.0336 e. The molecule has 2 rings (SSSR count). The fourth-order valence-corrected chi connectivity index (χ4v) is 2.49. The van der Waals surface area contributed by atoms with E-state index in [-0.39, 0.29) is 0 Å². The van der Waals surface area contributed by atoms with Crippen LogP contribution in [0.3, 0.4) is 0 Å². The second kappa shape index (κ2) is 5.21. The predicted octanol–water partition coefficient (Wildman–Crippen LogP) is 0.792. The van der Waals surface area contributed by atoms with Gasteiger partial charge in [0.05, 0.1) is 0 Å². The van der Waals surface area contributed by atoms with Crippen molar-refractivity contribution in [2.75, 3.05) is 33.2 Å². The summed E-state index contributed by atoms with van der Waals surface area (Å²) < 4.78 is 2.14. The summed E-state index contributed by atoms with van der Waals surface area (Å²) in [6, 6.07) is 2.73. The van der Waals surface area contributed by atoms with E-state index in [0.29, 0.717) is 12.6 Å². The fraction of sp³-hybridized carbons (Fsp3) is 0.692. The van der Waals surface area contributed by atoms with Gasteiger partial charge >= 0.3 is 0 Å². The molecule has 96 valence electrons. The molecular formula is C13H24N4. The van der Waals surface area contributed by atoms with Crippen molar-refractivity contribution in [3.8, 4) is 0 Å². The zero-order valence-electron chi connectivity index (χ0n) is 11.2. The molecule has 2 heterocycles. The van der Waals surface area contributed by atoms with E-state index in [1.165, 1.54) is 24.3 Å². The zero-order valence-corrected chi connectivity index (χ0v) is 11.2. The van der Waals surface area contributed by atoms with Gasteiger partial charge in [0.15, 0.2) is 0 Å². The maximum Gasteiger partial charge on any atom is 0.0336 e. The monoisotopic (exact) mass is 236 g/mol. The van der Waals surface area contributed by atoms with Crippen LogP contribution in [-0.2, 0) is 13.6 Å². The van der Waals surface area contributed by atoms with E-state index < -0.39 is 0 Å². The Balaban J connectivity index is 2.05. The van der Waals surface area contributed by atoms with Crippen molar-refractivity contribution >= 4 is 0 Å². The van der Waals surface area contributed by atoms with E-state index >= 15 is 0 Å². The molecule has 1 unspecified atom stereocenters. The van der Waals surface area contributed by atoms with Gasteiger partial charge in [0.25, 0.3) is 0 Å². The van der Waals surface area contributed by atoms with Crippen LogP contribution in [0.4, 0.5) is 0 Å². The number of nitrogens with zero attached hydrogens (tertiary/aromatic N) is 3. The molecule has 0 saturated carbocycles. The van der Waals surface area contributed by atoms with E-state index in [1.54, 1.807) is 0 Å². The van der Waals surface area contributed by atoms with E-state index in [4.69, 9.17) is 5.73 Å². The van der Waals surface area contributed by atoms with Crippen LogP contribution >= 0.6 is 0 Å². The van der Waals surface area contributed by atoms with Gasteiger partial charge in [0.2, 0.25) is 0 Å². The Bertz CT molecular complexity index is 363. The van der Waals surface area contributed by atoms with Crippen molar-refractivity contribution in [1.82, 2.24) is 14.4 Å². The number of hydrogen-bond donors (Lipinski definition) is 1. The number of likely N-dealkylation sites (N-methyl/N-ethyl adjacent to an activating group) is 1. The van der Waals surface area contributed by atoms with Gasteiger partial charge in [-0.2, -0.15) is 0 Å². The van der Waals surface area contributed by atoms with Crippen molar-refractivity contribution in [3.63, 3.8) is 0 Å². The SMILES string of the molecule is CC(c1cc(CN)n(C)c1)N1CCN(C)CC1. The molecule has 2 N–H and O–H groups in total. The van der Waals surface area contributed by atoms with Gasteiger partial charge in [0, 0.05) is 57.7 Å². The van der Waals surface area contributed by atoms with E-state index in [0.717, 1.165) is 13.1 Å². The summed E-state index contributed by atoms with van der Waals surface area (Å²) >= 11 is 0. The van der Waals surface area contributed by atoms with E-state index in [9.17, 15) is 0 Å². The highest BCUT2D eigenvalue weighted by atomic mass is 15.3. The van der Waals surface area contributed by atoms with Gasteiger partial charge < -0.3 is 15.2 Å². The number of rotatable bonds is 3. The lowest BCUT2D eigenvalue weighted by Crippen LogP contribution is -2.45. The van der Waals surface area contributed by atoms with Gasteiger partial charge in [-0.05, 0) is 25.6 Å². The third kappa shape index (κ3) is 2.70. The standard InChI is InChI=1S/C13H24N4/c1-11(17-6-4-15(2)5-7-17)12-8-13(9-14)16(3)10-12/h8,10-11H,4-7,9,14H2,1-3H3. The molecule has 4 heteroatoms. The van der Waals surface area contributed by atoms with Crippen molar-refractivity contribution < 1.29 is 0 Å². The molecule has 0 amide bonds. The summed E-state index contributed by atoms with van der Waals surface area (Å²) in [5.74, 6) is 0. The Kier molecular flexibility index (Phi) is 3.86. The molecule has 1 atom stereocenters. The second-order valence-corrected chi connectivity index (χ2v) is 5.10. The first-order valence-electron chi connectivity index (χ1n) is 6.39. The Morgan fingerprint density at radius 2 is 1.88 bits per heavy atom. The summed E-state index contributed by atoms with van der Waals surface area (Å²) in [6.07, 6.45) is 2.21. The largest absolute Gasteiger partial charge is 0.353 e. The minimum absolute atomic E-state index is 0.496. The Labute approximate surface area is 104 Å². The predicted molar refractivity (Wildman–Crippen MR) is 70.8 cm³/mol. The highest BCUT2D eigenvalue weighted by molar-refractivity contribution is 5.21. The van der Waals surface area contributed by atoms with Crippen LogP contribution in [0, 0.1) is 0 Å². The summed E-state index contributed by atoms with van der Waals surface area (Å²) in [4.78, 5) is 4.94. The molecule has 1 aromatic heterocycles. The topological polar surface area (TPSA) is 37.4 Å². The Morgan fingerprint density at radius 1 is 1.24 bits per heavy atom. The zero-order chi connectivity index (χ0) is 12.4. The molecule has 1 aliphatic rings. The van der Waals surface area contributed by atoms with Crippen molar-refractivity contribution in [2.45, 2.75) is 19.5 Å². The van der Waals surface area contributed by atoms with Crippen molar-refractivity contribution in [1.29, 1.82) is 0 Å². The summed E-state index contributed by atoms with van der Waals surface area (Å²) in [7, 11) is 4.26. The first-order chi connectivity index (χ1) is 8.11.